The molecule has 1 rings (SSSR count). The summed E-state index contributed by atoms with van der Waals surface area (Å²) < 4.78 is 1.07. The van der Waals surface area contributed by atoms with Crippen LogP contribution in [0.15, 0.2) is 28.7 Å². The highest BCUT2D eigenvalue weighted by Crippen LogP contribution is 2.20. The van der Waals surface area contributed by atoms with Crippen LogP contribution in [0, 0.1) is 0 Å². The van der Waals surface area contributed by atoms with E-state index >= 15 is 0 Å². The second-order valence-corrected chi connectivity index (χ2v) is 3.33. The second kappa shape index (κ2) is 4.62. The van der Waals surface area contributed by atoms with Gasteiger partial charge in [0.25, 0.3) is 0 Å². The summed E-state index contributed by atoms with van der Waals surface area (Å²) >= 11 is 8.95. The van der Waals surface area contributed by atoms with Gasteiger partial charge in [-0.25, -0.2) is 0 Å². The van der Waals surface area contributed by atoms with Crippen LogP contribution < -0.4 is 5.32 Å². The highest BCUT2D eigenvalue weighted by molar-refractivity contribution is 9.10. The molecule has 1 aromatic carbocycles. The van der Waals surface area contributed by atoms with E-state index in [1.807, 2.05) is 24.3 Å². The number of rotatable bonds is 3. The van der Waals surface area contributed by atoms with Gasteiger partial charge in [-0.15, -0.1) is 11.6 Å². The zero-order valence-electron chi connectivity index (χ0n) is 5.98. The zero-order chi connectivity index (χ0) is 8.10. The van der Waals surface area contributed by atoms with Crippen molar-refractivity contribution in [3.8, 4) is 0 Å². The molecule has 0 radical (unpaired) electrons. The first kappa shape index (κ1) is 8.88. The van der Waals surface area contributed by atoms with Crippen molar-refractivity contribution in [2.45, 2.75) is 0 Å². The molecule has 0 atom stereocenters. The highest BCUT2D eigenvalue weighted by atomic mass is 79.9. The van der Waals surface area contributed by atoms with Crippen molar-refractivity contribution < 1.29 is 0 Å². The van der Waals surface area contributed by atoms with Gasteiger partial charge in [0.1, 0.15) is 0 Å². The number of halogens is 2. The van der Waals surface area contributed by atoms with Crippen molar-refractivity contribution in [3.63, 3.8) is 0 Å². The number of anilines is 1. The Morgan fingerprint density at radius 1 is 1.36 bits per heavy atom. The lowest BCUT2D eigenvalue weighted by Gasteiger charge is -2.04. The first-order chi connectivity index (χ1) is 5.34. The maximum Gasteiger partial charge on any atom is 0.0485 e. The third-order valence-electron chi connectivity index (χ3n) is 1.28. The number of alkyl halides is 1. The molecule has 0 heterocycles. The standard InChI is InChI=1S/C8H9BrClN/c9-7-3-1-2-4-8(7)11-6-5-10/h1-4,11H,5-6H2. The van der Waals surface area contributed by atoms with Crippen molar-refractivity contribution in [1.82, 2.24) is 0 Å². The van der Waals surface area contributed by atoms with Gasteiger partial charge >= 0.3 is 0 Å². The number of hydrogen-bond donors (Lipinski definition) is 1. The molecular weight excluding hydrogens is 225 g/mol. The van der Waals surface area contributed by atoms with Crippen LogP contribution >= 0.6 is 27.5 Å². The number of benzene rings is 1. The molecule has 1 nitrogen and oxygen atoms in total. The van der Waals surface area contributed by atoms with Crippen LogP contribution in [-0.2, 0) is 0 Å². The molecular formula is C8H9BrClN. The Morgan fingerprint density at radius 2 is 2.09 bits per heavy atom. The van der Waals surface area contributed by atoms with Gasteiger partial charge in [-0.3, -0.25) is 0 Å². The van der Waals surface area contributed by atoms with E-state index in [4.69, 9.17) is 11.6 Å². The molecule has 0 aliphatic heterocycles. The lowest BCUT2D eigenvalue weighted by molar-refractivity contribution is 1.22. The third kappa shape index (κ3) is 2.72. The Morgan fingerprint density at radius 3 is 2.73 bits per heavy atom. The molecule has 0 bridgehead atoms. The largest absolute Gasteiger partial charge is 0.383 e. The van der Waals surface area contributed by atoms with Crippen LogP contribution in [0.4, 0.5) is 5.69 Å². The van der Waals surface area contributed by atoms with Gasteiger partial charge in [0.15, 0.2) is 0 Å². The molecule has 0 saturated heterocycles. The van der Waals surface area contributed by atoms with E-state index in [0.29, 0.717) is 5.88 Å². The molecule has 0 aromatic heterocycles. The Labute approximate surface area is 79.9 Å². The monoisotopic (exact) mass is 233 g/mol. The summed E-state index contributed by atoms with van der Waals surface area (Å²) in [5.74, 6) is 0.626. The molecule has 0 unspecified atom stereocenters. The van der Waals surface area contributed by atoms with Crippen molar-refractivity contribution in [1.29, 1.82) is 0 Å². The predicted octanol–water partition coefficient (Wildman–Crippen LogP) is 3.10. The van der Waals surface area contributed by atoms with E-state index in [0.717, 1.165) is 16.7 Å². The first-order valence-electron chi connectivity index (χ1n) is 3.39. The lowest BCUT2D eigenvalue weighted by Crippen LogP contribution is -2.02. The fourth-order valence-electron chi connectivity index (χ4n) is 0.786. The first-order valence-corrected chi connectivity index (χ1v) is 4.71. The molecule has 0 fully saturated rings. The van der Waals surface area contributed by atoms with Crippen LogP contribution in [0.5, 0.6) is 0 Å². The lowest BCUT2D eigenvalue weighted by atomic mass is 10.3. The quantitative estimate of drug-likeness (QED) is 0.793. The average molecular weight is 235 g/mol. The summed E-state index contributed by atoms with van der Waals surface area (Å²) in [6, 6.07) is 7.98. The third-order valence-corrected chi connectivity index (χ3v) is 2.16. The Kier molecular flexibility index (Phi) is 3.73. The van der Waals surface area contributed by atoms with E-state index in [1.165, 1.54) is 0 Å². The number of nitrogens with one attached hydrogen (secondary N) is 1. The minimum absolute atomic E-state index is 0.626. The molecule has 1 N–H and O–H groups in total. The Balaban J connectivity index is 2.62. The fourth-order valence-corrected chi connectivity index (χ4v) is 1.31. The van der Waals surface area contributed by atoms with E-state index in [1.54, 1.807) is 0 Å². The Hall–Kier alpha value is -0.210. The number of hydrogen-bond acceptors (Lipinski definition) is 1. The summed E-state index contributed by atoms with van der Waals surface area (Å²) in [4.78, 5) is 0. The van der Waals surface area contributed by atoms with Crippen LogP contribution in [0.25, 0.3) is 0 Å². The van der Waals surface area contributed by atoms with Gasteiger partial charge in [0.2, 0.25) is 0 Å². The summed E-state index contributed by atoms with van der Waals surface area (Å²) in [7, 11) is 0. The molecule has 0 saturated carbocycles. The van der Waals surface area contributed by atoms with Crippen LogP contribution in [0.3, 0.4) is 0 Å². The van der Waals surface area contributed by atoms with Gasteiger partial charge in [0.05, 0.1) is 0 Å². The van der Waals surface area contributed by atoms with Gasteiger partial charge in [-0.1, -0.05) is 12.1 Å². The maximum atomic E-state index is 5.53. The topological polar surface area (TPSA) is 12.0 Å². The highest BCUT2D eigenvalue weighted by Gasteiger charge is 1.94. The molecule has 0 aliphatic carbocycles. The van der Waals surface area contributed by atoms with Crippen LogP contribution in [-0.4, -0.2) is 12.4 Å². The molecule has 3 heteroatoms. The van der Waals surface area contributed by atoms with E-state index in [-0.39, 0.29) is 0 Å². The fraction of sp³-hybridized carbons (Fsp3) is 0.250. The second-order valence-electron chi connectivity index (χ2n) is 2.10. The van der Waals surface area contributed by atoms with Crippen molar-refractivity contribution in [2.75, 3.05) is 17.7 Å². The number of para-hydroxylation sites is 1. The maximum absolute atomic E-state index is 5.53. The molecule has 0 spiro atoms. The Bertz CT molecular complexity index is 227. The van der Waals surface area contributed by atoms with Crippen LogP contribution in [0.2, 0.25) is 0 Å². The summed E-state index contributed by atoms with van der Waals surface area (Å²) in [6.07, 6.45) is 0. The smallest absolute Gasteiger partial charge is 0.0485 e. The van der Waals surface area contributed by atoms with Gasteiger partial charge in [-0.2, -0.15) is 0 Å². The van der Waals surface area contributed by atoms with E-state index in [2.05, 4.69) is 21.2 Å². The van der Waals surface area contributed by atoms with Gasteiger partial charge in [-0.05, 0) is 28.1 Å². The minimum atomic E-state index is 0.626. The predicted molar refractivity (Wildman–Crippen MR) is 53.4 cm³/mol. The molecule has 1 aromatic rings. The van der Waals surface area contributed by atoms with Gasteiger partial charge < -0.3 is 5.32 Å². The summed E-state index contributed by atoms with van der Waals surface area (Å²) in [5.41, 5.74) is 1.09. The van der Waals surface area contributed by atoms with Gasteiger partial charge in [0, 0.05) is 22.6 Å². The van der Waals surface area contributed by atoms with Crippen molar-refractivity contribution in [3.05, 3.63) is 28.7 Å². The van der Waals surface area contributed by atoms with E-state index in [9.17, 15) is 0 Å². The molecule has 60 valence electrons. The summed E-state index contributed by atoms with van der Waals surface area (Å²) in [6.45, 7) is 0.796. The SMILES string of the molecule is ClCCNc1ccccc1Br. The van der Waals surface area contributed by atoms with Crippen LogP contribution in [0.1, 0.15) is 0 Å². The molecule has 0 aliphatic rings. The minimum Gasteiger partial charge on any atom is -0.383 e. The zero-order valence-corrected chi connectivity index (χ0v) is 8.32. The molecule has 11 heavy (non-hydrogen) atoms. The summed E-state index contributed by atoms with van der Waals surface area (Å²) in [5, 5.41) is 3.18. The average Bonchev–Trinajstić information content (AvgIpc) is 2.03. The molecule has 0 amide bonds. The normalized spacial score (nSPS) is 9.64. The van der Waals surface area contributed by atoms with Crippen molar-refractivity contribution in [2.24, 2.45) is 0 Å². The van der Waals surface area contributed by atoms with E-state index < -0.39 is 0 Å². The van der Waals surface area contributed by atoms with Crippen molar-refractivity contribution >= 4 is 33.2 Å².